The third kappa shape index (κ3) is 6.03. The van der Waals surface area contributed by atoms with Gasteiger partial charge in [-0.15, -0.1) is 0 Å². The van der Waals surface area contributed by atoms with Crippen molar-refractivity contribution in [2.75, 3.05) is 20.1 Å². The molecule has 2 aromatic rings. The second-order valence-corrected chi connectivity index (χ2v) is 7.67. The number of hydrogen-bond donors (Lipinski definition) is 4. The smallest absolute Gasteiger partial charge is 0.250 e. The maximum atomic E-state index is 13.5. The number of hydrogen-bond acceptors (Lipinski definition) is 5. The van der Waals surface area contributed by atoms with E-state index in [1.54, 1.807) is 18.2 Å². The molecular formula is C25H28FN5O. The van der Waals surface area contributed by atoms with E-state index in [0.717, 1.165) is 16.8 Å². The van der Waals surface area contributed by atoms with Gasteiger partial charge in [0.25, 0.3) is 5.91 Å². The van der Waals surface area contributed by atoms with Crippen LogP contribution in [-0.2, 0) is 11.2 Å². The minimum Gasteiger partial charge on any atom is -0.365 e. The molecule has 4 N–H and O–H groups in total. The SMILES string of the molecule is CN[C@@H](C)CNC(=O)C1=CC=C(c2ccccc2C#N)NC1NCCc1cccc(F)c1. The van der Waals surface area contributed by atoms with Gasteiger partial charge in [-0.1, -0.05) is 30.3 Å². The van der Waals surface area contributed by atoms with E-state index < -0.39 is 6.17 Å². The van der Waals surface area contributed by atoms with Crippen molar-refractivity contribution < 1.29 is 9.18 Å². The number of nitrogens with one attached hydrogen (secondary N) is 4. The number of allylic oxidation sites excluding steroid dienone is 2. The molecule has 0 spiro atoms. The maximum absolute atomic E-state index is 13.5. The monoisotopic (exact) mass is 433 g/mol. The van der Waals surface area contributed by atoms with Crippen LogP contribution in [0.2, 0.25) is 0 Å². The van der Waals surface area contributed by atoms with Crippen LogP contribution in [0, 0.1) is 17.1 Å². The van der Waals surface area contributed by atoms with Crippen molar-refractivity contribution in [3.8, 4) is 6.07 Å². The molecule has 1 aliphatic rings. The van der Waals surface area contributed by atoms with Crippen LogP contribution in [0.4, 0.5) is 4.39 Å². The molecule has 6 nitrogen and oxygen atoms in total. The molecule has 1 aliphatic heterocycles. The van der Waals surface area contributed by atoms with Crippen molar-refractivity contribution in [2.24, 2.45) is 0 Å². The number of carbonyl (C=O) groups excluding carboxylic acids is 1. The molecule has 0 bridgehead atoms. The lowest BCUT2D eigenvalue weighted by Gasteiger charge is -2.28. The predicted octanol–water partition coefficient (Wildman–Crippen LogP) is 2.45. The van der Waals surface area contributed by atoms with Crippen LogP contribution < -0.4 is 21.3 Å². The third-order valence-electron chi connectivity index (χ3n) is 5.35. The first-order valence-corrected chi connectivity index (χ1v) is 10.6. The number of likely N-dealkylation sites (N-methyl/N-ethyl adjacent to an activating group) is 1. The zero-order valence-electron chi connectivity index (χ0n) is 18.3. The van der Waals surface area contributed by atoms with E-state index in [4.69, 9.17) is 0 Å². The molecule has 2 aromatic carbocycles. The highest BCUT2D eigenvalue weighted by atomic mass is 19.1. The average molecular weight is 434 g/mol. The van der Waals surface area contributed by atoms with E-state index >= 15 is 0 Å². The molecule has 0 saturated carbocycles. The maximum Gasteiger partial charge on any atom is 0.250 e. The minimum atomic E-state index is -0.458. The molecule has 0 aliphatic carbocycles. The van der Waals surface area contributed by atoms with Gasteiger partial charge in [0.05, 0.1) is 17.2 Å². The summed E-state index contributed by atoms with van der Waals surface area (Å²) in [5.74, 6) is -0.443. The topological polar surface area (TPSA) is 89.0 Å². The first-order chi connectivity index (χ1) is 15.5. The molecule has 1 unspecified atom stereocenters. The zero-order valence-corrected chi connectivity index (χ0v) is 18.3. The number of dihydropyridines is 1. The van der Waals surface area contributed by atoms with Crippen LogP contribution in [0.3, 0.4) is 0 Å². The molecule has 7 heteroatoms. The number of nitriles is 1. The highest BCUT2D eigenvalue weighted by Gasteiger charge is 2.25. The highest BCUT2D eigenvalue weighted by molar-refractivity contribution is 5.96. The average Bonchev–Trinajstić information content (AvgIpc) is 2.82. The van der Waals surface area contributed by atoms with E-state index in [2.05, 4.69) is 27.3 Å². The largest absolute Gasteiger partial charge is 0.365 e. The number of amides is 1. The fraction of sp³-hybridized carbons (Fsp3) is 0.280. The van der Waals surface area contributed by atoms with Crippen molar-refractivity contribution in [1.82, 2.24) is 21.3 Å². The Kier molecular flexibility index (Phi) is 8.14. The molecule has 32 heavy (non-hydrogen) atoms. The van der Waals surface area contributed by atoms with Gasteiger partial charge < -0.3 is 16.0 Å². The predicted molar refractivity (Wildman–Crippen MR) is 124 cm³/mol. The molecule has 166 valence electrons. The fourth-order valence-corrected chi connectivity index (χ4v) is 3.40. The van der Waals surface area contributed by atoms with Crippen LogP contribution >= 0.6 is 0 Å². The Labute approximate surface area is 188 Å². The molecule has 0 radical (unpaired) electrons. The number of nitrogens with zero attached hydrogens (tertiary/aromatic N) is 1. The Balaban J connectivity index is 1.77. The van der Waals surface area contributed by atoms with Gasteiger partial charge in [-0.3, -0.25) is 10.1 Å². The first kappa shape index (κ1) is 23.2. The van der Waals surface area contributed by atoms with Gasteiger partial charge >= 0.3 is 0 Å². The standard InChI is InChI=1S/C25H28FN5O/c1-17(28-2)16-30-25(32)22-10-11-23(21-9-4-3-7-19(21)15-27)31-24(22)29-13-12-18-6-5-8-20(26)14-18/h3-11,14,17,24,28-29,31H,12-13,16H2,1-2H3,(H,30,32)/t17-,24?/m0/s1. The van der Waals surface area contributed by atoms with E-state index in [9.17, 15) is 14.4 Å². The Morgan fingerprint density at radius 2 is 2.03 bits per heavy atom. The van der Waals surface area contributed by atoms with Gasteiger partial charge in [-0.05, 0) is 56.3 Å². The van der Waals surface area contributed by atoms with Gasteiger partial charge in [-0.2, -0.15) is 5.26 Å². The summed E-state index contributed by atoms with van der Waals surface area (Å²) < 4.78 is 13.5. The van der Waals surface area contributed by atoms with Gasteiger partial charge in [0, 0.05) is 30.4 Å². The van der Waals surface area contributed by atoms with Gasteiger partial charge in [0.2, 0.25) is 0 Å². The quantitative estimate of drug-likeness (QED) is 0.488. The third-order valence-corrected chi connectivity index (χ3v) is 5.35. The number of carbonyl (C=O) groups is 1. The van der Waals surface area contributed by atoms with Crippen LogP contribution in [0.1, 0.15) is 23.6 Å². The van der Waals surface area contributed by atoms with Crippen molar-refractivity contribution in [2.45, 2.75) is 25.6 Å². The lowest BCUT2D eigenvalue weighted by molar-refractivity contribution is -0.118. The Morgan fingerprint density at radius 1 is 1.22 bits per heavy atom. The summed E-state index contributed by atoms with van der Waals surface area (Å²) in [6, 6.07) is 16.1. The summed E-state index contributed by atoms with van der Waals surface area (Å²) in [6.45, 7) is 3.02. The van der Waals surface area contributed by atoms with Crippen molar-refractivity contribution >= 4 is 11.6 Å². The molecular weight excluding hydrogens is 405 g/mol. The Bertz CT molecular complexity index is 1060. The summed E-state index contributed by atoms with van der Waals surface area (Å²) in [6.07, 6.45) is 3.74. The Hall–Kier alpha value is -3.47. The van der Waals surface area contributed by atoms with Crippen molar-refractivity contribution in [3.05, 3.63) is 88.8 Å². The van der Waals surface area contributed by atoms with Crippen molar-refractivity contribution in [1.29, 1.82) is 5.26 Å². The molecule has 2 atom stereocenters. The number of rotatable bonds is 9. The molecule has 0 fully saturated rings. The summed E-state index contributed by atoms with van der Waals surface area (Å²) in [4.78, 5) is 12.9. The first-order valence-electron chi connectivity index (χ1n) is 10.6. The van der Waals surface area contributed by atoms with E-state index in [1.165, 1.54) is 12.1 Å². The van der Waals surface area contributed by atoms with E-state index in [1.807, 2.05) is 44.3 Å². The number of halogens is 1. The van der Waals surface area contributed by atoms with Gasteiger partial charge in [0.15, 0.2) is 0 Å². The van der Waals surface area contributed by atoms with Crippen LogP contribution in [0.25, 0.3) is 5.70 Å². The fourth-order valence-electron chi connectivity index (χ4n) is 3.40. The molecule has 3 rings (SSSR count). The summed E-state index contributed by atoms with van der Waals surface area (Å²) >= 11 is 0. The molecule has 0 aromatic heterocycles. The van der Waals surface area contributed by atoms with Gasteiger partial charge in [0.1, 0.15) is 12.0 Å². The minimum absolute atomic E-state index is 0.143. The zero-order chi connectivity index (χ0) is 22.9. The summed E-state index contributed by atoms with van der Waals surface area (Å²) in [5, 5.41) is 22.2. The molecule has 0 saturated heterocycles. The lowest BCUT2D eigenvalue weighted by atomic mass is 10.00. The summed E-state index contributed by atoms with van der Waals surface area (Å²) in [7, 11) is 1.84. The summed E-state index contributed by atoms with van der Waals surface area (Å²) in [5.41, 5.74) is 3.49. The van der Waals surface area contributed by atoms with E-state index in [-0.39, 0.29) is 17.8 Å². The highest BCUT2D eigenvalue weighted by Crippen LogP contribution is 2.22. The molecule has 1 amide bonds. The van der Waals surface area contributed by atoms with Gasteiger partial charge in [-0.25, -0.2) is 4.39 Å². The Morgan fingerprint density at radius 3 is 2.78 bits per heavy atom. The van der Waals surface area contributed by atoms with Crippen LogP contribution in [-0.4, -0.2) is 38.3 Å². The van der Waals surface area contributed by atoms with E-state index in [0.29, 0.717) is 30.6 Å². The lowest BCUT2D eigenvalue weighted by Crippen LogP contribution is -2.50. The second kappa shape index (κ2) is 11.2. The van der Waals surface area contributed by atoms with Crippen LogP contribution in [0.5, 0.6) is 0 Å². The normalized spacial score (nSPS) is 16.2. The van der Waals surface area contributed by atoms with Crippen LogP contribution in [0.15, 0.2) is 66.3 Å². The molecule has 1 heterocycles. The van der Waals surface area contributed by atoms with Crippen molar-refractivity contribution in [3.63, 3.8) is 0 Å². The number of benzene rings is 2. The second-order valence-electron chi connectivity index (χ2n) is 7.67.